The molecule has 0 saturated carbocycles. The molecule has 0 saturated heterocycles. The van der Waals surface area contributed by atoms with Gasteiger partial charge < -0.3 is 11.1 Å². The van der Waals surface area contributed by atoms with E-state index in [1.807, 2.05) is 0 Å². The molecule has 3 N–H and O–H groups in total. The lowest BCUT2D eigenvalue weighted by molar-refractivity contribution is 0.237. The van der Waals surface area contributed by atoms with Gasteiger partial charge in [-0.2, -0.15) is 0 Å². The Hall–Kier alpha value is -0.0400. The van der Waals surface area contributed by atoms with E-state index in [0.717, 1.165) is 32.6 Å². The van der Waals surface area contributed by atoms with Gasteiger partial charge in [-0.1, -0.05) is 20.8 Å². The van der Waals surface area contributed by atoms with Crippen LogP contribution in [0.2, 0.25) is 0 Å². The van der Waals surface area contributed by atoms with Gasteiger partial charge in [-0.05, 0) is 32.7 Å². The first-order chi connectivity index (χ1) is 7.97. The summed E-state index contributed by atoms with van der Waals surface area (Å²) in [6.45, 7) is 14.8. The smallest absolute Gasteiger partial charge is 0.188 e. The van der Waals surface area contributed by atoms with Crippen molar-refractivity contribution in [2.24, 2.45) is 16.6 Å². The monoisotopic (exact) mass is 370 g/mol. The Kier molecular flexibility index (Phi) is 13.5. The van der Waals surface area contributed by atoms with E-state index in [4.69, 9.17) is 5.73 Å². The molecule has 0 rings (SSSR count). The Bertz CT molecular complexity index is 217. The number of nitrogens with two attached hydrogens (primary N) is 1. The van der Waals surface area contributed by atoms with E-state index >= 15 is 0 Å². The first-order valence-corrected chi connectivity index (χ1v) is 6.75. The zero-order chi connectivity index (χ0) is 13.3. The van der Waals surface area contributed by atoms with Crippen molar-refractivity contribution in [3.63, 3.8) is 0 Å². The SMILES string of the molecule is CCN(CCNC(N)=NCCC(C)C)C(C)C.I. The Morgan fingerprint density at radius 3 is 2.33 bits per heavy atom. The number of guanidine groups is 1. The van der Waals surface area contributed by atoms with Crippen LogP contribution in [0.3, 0.4) is 0 Å². The van der Waals surface area contributed by atoms with Crippen molar-refractivity contribution < 1.29 is 0 Å². The Labute approximate surface area is 130 Å². The maximum atomic E-state index is 5.78. The topological polar surface area (TPSA) is 53.6 Å². The summed E-state index contributed by atoms with van der Waals surface area (Å²) in [5, 5.41) is 3.16. The largest absolute Gasteiger partial charge is 0.370 e. The van der Waals surface area contributed by atoms with Gasteiger partial charge in [0.1, 0.15) is 0 Å². The third-order valence-electron chi connectivity index (χ3n) is 2.83. The quantitative estimate of drug-likeness (QED) is 0.392. The van der Waals surface area contributed by atoms with E-state index in [-0.39, 0.29) is 24.0 Å². The predicted octanol–water partition coefficient (Wildman–Crippen LogP) is 2.29. The van der Waals surface area contributed by atoms with E-state index in [9.17, 15) is 0 Å². The highest BCUT2D eigenvalue weighted by Gasteiger charge is 2.05. The summed E-state index contributed by atoms with van der Waals surface area (Å²) in [6, 6.07) is 0.584. The third-order valence-corrected chi connectivity index (χ3v) is 2.83. The fraction of sp³-hybridized carbons (Fsp3) is 0.923. The second-order valence-corrected chi connectivity index (χ2v) is 5.10. The average Bonchev–Trinajstić information content (AvgIpc) is 2.23. The van der Waals surface area contributed by atoms with Crippen LogP contribution in [0.4, 0.5) is 0 Å². The second-order valence-electron chi connectivity index (χ2n) is 5.10. The van der Waals surface area contributed by atoms with Gasteiger partial charge in [0.05, 0.1) is 0 Å². The van der Waals surface area contributed by atoms with Crippen molar-refractivity contribution in [2.45, 2.75) is 47.1 Å². The Balaban J connectivity index is 0. The predicted molar refractivity (Wildman–Crippen MR) is 91.7 cm³/mol. The zero-order valence-electron chi connectivity index (χ0n) is 12.6. The number of rotatable bonds is 8. The molecule has 0 heterocycles. The summed E-state index contributed by atoms with van der Waals surface area (Å²) in [4.78, 5) is 6.69. The van der Waals surface area contributed by atoms with E-state index in [0.29, 0.717) is 17.9 Å². The molecule has 18 heavy (non-hydrogen) atoms. The van der Waals surface area contributed by atoms with Crippen LogP contribution in [-0.2, 0) is 0 Å². The lowest BCUT2D eigenvalue weighted by Gasteiger charge is -2.24. The minimum atomic E-state index is 0. The van der Waals surface area contributed by atoms with Gasteiger partial charge in [0.2, 0.25) is 0 Å². The normalized spacial score (nSPS) is 12.1. The van der Waals surface area contributed by atoms with Crippen molar-refractivity contribution in [3.05, 3.63) is 0 Å². The first-order valence-electron chi connectivity index (χ1n) is 6.75. The summed E-state index contributed by atoms with van der Waals surface area (Å²) in [5.41, 5.74) is 5.78. The van der Waals surface area contributed by atoms with Crippen molar-refractivity contribution in [3.8, 4) is 0 Å². The van der Waals surface area contributed by atoms with Crippen LogP contribution in [0, 0.1) is 5.92 Å². The van der Waals surface area contributed by atoms with E-state index in [1.54, 1.807) is 0 Å². The highest BCUT2D eigenvalue weighted by molar-refractivity contribution is 14.0. The standard InChI is InChI=1S/C13H30N4.HI/c1-6-17(12(4)5)10-9-16-13(14)15-8-7-11(2)3;/h11-12H,6-10H2,1-5H3,(H3,14,15,16);1H. The number of nitrogens with zero attached hydrogens (tertiary/aromatic N) is 2. The van der Waals surface area contributed by atoms with Gasteiger partial charge in [-0.25, -0.2) is 0 Å². The molecule has 0 aliphatic rings. The number of aliphatic imine (C=N–C) groups is 1. The molecule has 0 aliphatic carbocycles. The van der Waals surface area contributed by atoms with Crippen molar-refractivity contribution in [1.82, 2.24) is 10.2 Å². The summed E-state index contributed by atoms with van der Waals surface area (Å²) in [7, 11) is 0. The molecule has 110 valence electrons. The van der Waals surface area contributed by atoms with Gasteiger partial charge in [-0.3, -0.25) is 9.89 Å². The first kappa shape index (κ1) is 20.3. The van der Waals surface area contributed by atoms with E-state index in [2.05, 4.69) is 49.8 Å². The number of nitrogens with one attached hydrogen (secondary N) is 1. The van der Waals surface area contributed by atoms with E-state index < -0.39 is 0 Å². The highest BCUT2D eigenvalue weighted by atomic mass is 127. The number of hydrogen-bond acceptors (Lipinski definition) is 2. The van der Waals surface area contributed by atoms with Crippen LogP contribution in [0.1, 0.15) is 41.0 Å². The highest BCUT2D eigenvalue weighted by Crippen LogP contribution is 1.98. The van der Waals surface area contributed by atoms with Crippen LogP contribution in [0.5, 0.6) is 0 Å². The molecule has 0 aromatic carbocycles. The van der Waals surface area contributed by atoms with Crippen molar-refractivity contribution in [2.75, 3.05) is 26.2 Å². The van der Waals surface area contributed by atoms with Crippen LogP contribution < -0.4 is 11.1 Å². The van der Waals surface area contributed by atoms with Crippen LogP contribution in [0.25, 0.3) is 0 Å². The van der Waals surface area contributed by atoms with Crippen LogP contribution >= 0.6 is 24.0 Å². The maximum absolute atomic E-state index is 5.78. The summed E-state index contributed by atoms with van der Waals surface area (Å²) in [6.07, 6.45) is 1.09. The maximum Gasteiger partial charge on any atom is 0.188 e. The molecule has 0 bridgehead atoms. The second kappa shape index (κ2) is 12.0. The van der Waals surface area contributed by atoms with Crippen LogP contribution in [0.15, 0.2) is 4.99 Å². The molecule has 0 unspecified atom stereocenters. The molecule has 0 aliphatic heterocycles. The average molecular weight is 370 g/mol. The lowest BCUT2D eigenvalue weighted by Crippen LogP contribution is -2.41. The number of likely N-dealkylation sites (N-methyl/N-ethyl adjacent to an activating group) is 1. The van der Waals surface area contributed by atoms with E-state index in [1.165, 1.54) is 0 Å². The minimum Gasteiger partial charge on any atom is -0.370 e. The molecular weight excluding hydrogens is 339 g/mol. The molecule has 0 atom stereocenters. The van der Waals surface area contributed by atoms with Crippen LogP contribution in [-0.4, -0.2) is 43.1 Å². The molecule has 0 radical (unpaired) electrons. The molecule has 0 fully saturated rings. The molecular formula is C13H31IN4. The van der Waals surface area contributed by atoms with Gasteiger partial charge >= 0.3 is 0 Å². The van der Waals surface area contributed by atoms with Gasteiger partial charge in [0.25, 0.3) is 0 Å². The summed E-state index contributed by atoms with van der Waals surface area (Å²) < 4.78 is 0. The van der Waals surface area contributed by atoms with Gasteiger partial charge in [0, 0.05) is 25.7 Å². The van der Waals surface area contributed by atoms with Gasteiger partial charge in [0.15, 0.2) is 5.96 Å². The van der Waals surface area contributed by atoms with Crippen molar-refractivity contribution >= 4 is 29.9 Å². The molecule has 0 spiro atoms. The Morgan fingerprint density at radius 1 is 1.28 bits per heavy atom. The molecule has 0 amide bonds. The number of halogens is 1. The third kappa shape index (κ3) is 11.1. The fourth-order valence-electron chi connectivity index (χ4n) is 1.61. The summed E-state index contributed by atoms with van der Waals surface area (Å²) in [5.74, 6) is 1.26. The summed E-state index contributed by atoms with van der Waals surface area (Å²) >= 11 is 0. The molecule has 4 nitrogen and oxygen atoms in total. The number of hydrogen-bond donors (Lipinski definition) is 2. The molecule has 5 heteroatoms. The lowest BCUT2D eigenvalue weighted by atomic mass is 10.1. The molecule has 0 aromatic heterocycles. The van der Waals surface area contributed by atoms with Crippen molar-refractivity contribution in [1.29, 1.82) is 0 Å². The van der Waals surface area contributed by atoms with Gasteiger partial charge in [-0.15, -0.1) is 24.0 Å². The fourth-order valence-corrected chi connectivity index (χ4v) is 1.61. The zero-order valence-corrected chi connectivity index (χ0v) is 14.9. The Morgan fingerprint density at radius 2 is 1.89 bits per heavy atom. The molecule has 0 aromatic rings. The minimum absolute atomic E-state index is 0.